The van der Waals surface area contributed by atoms with E-state index in [4.69, 9.17) is 4.74 Å². The molecule has 0 saturated carbocycles. The second kappa shape index (κ2) is 9.11. The Morgan fingerprint density at radius 2 is 2.17 bits per heavy atom. The van der Waals surface area contributed by atoms with Gasteiger partial charge < -0.3 is 4.74 Å². The second-order valence-electron chi connectivity index (χ2n) is 6.76. The minimum absolute atomic E-state index is 0.236. The molecule has 0 fully saturated rings. The topological polar surface area (TPSA) is 39.9 Å². The molecule has 0 saturated heterocycles. The average Bonchev–Trinajstić information content (AvgIpc) is 3.12. The Bertz CT molecular complexity index is 911. The van der Waals surface area contributed by atoms with Crippen LogP contribution in [0.15, 0.2) is 60.3 Å². The van der Waals surface area contributed by atoms with Gasteiger partial charge in [-0.3, -0.25) is 4.68 Å². The maximum atomic E-state index is 13.4. The molecule has 154 valence electrons. The first-order chi connectivity index (χ1) is 13.9. The van der Waals surface area contributed by atoms with Crippen LogP contribution in [0.3, 0.4) is 0 Å². The first kappa shape index (κ1) is 20.9. The molecule has 3 rings (SSSR count). The van der Waals surface area contributed by atoms with E-state index in [0.717, 1.165) is 24.6 Å². The van der Waals surface area contributed by atoms with Gasteiger partial charge in [-0.05, 0) is 44.4 Å². The number of alkyl halides is 3. The summed E-state index contributed by atoms with van der Waals surface area (Å²) in [7, 11) is 0. The summed E-state index contributed by atoms with van der Waals surface area (Å²) in [6.45, 7) is 4.16. The van der Waals surface area contributed by atoms with Crippen LogP contribution >= 0.6 is 0 Å². The van der Waals surface area contributed by atoms with Gasteiger partial charge in [0.25, 0.3) is 0 Å². The molecule has 3 heterocycles. The van der Waals surface area contributed by atoms with Crippen LogP contribution < -0.4 is 4.74 Å². The molecule has 29 heavy (non-hydrogen) atoms. The molecule has 7 heteroatoms. The number of nitrogens with zero attached hydrogens (tertiary/aromatic N) is 3. The highest BCUT2D eigenvalue weighted by Crippen LogP contribution is 2.33. The summed E-state index contributed by atoms with van der Waals surface area (Å²) in [5.41, 5.74) is 1.10. The lowest BCUT2D eigenvalue weighted by molar-refractivity contribution is -0.0883. The fraction of sp³-hybridized carbons (Fsp3) is 0.364. The van der Waals surface area contributed by atoms with Crippen molar-refractivity contribution in [1.82, 2.24) is 14.8 Å². The van der Waals surface area contributed by atoms with Crippen molar-refractivity contribution < 1.29 is 17.9 Å². The monoisotopic (exact) mass is 403 g/mol. The van der Waals surface area contributed by atoms with Gasteiger partial charge in [0.15, 0.2) is 0 Å². The number of halogens is 3. The largest absolute Gasteiger partial charge is 0.468 e. The van der Waals surface area contributed by atoms with Crippen LogP contribution in [0.25, 0.3) is 5.57 Å². The molecular weight excluding hydrogens is 379 g/mol. The van der Waals surface area contributed by atoms with Crippen molar-refractivity contribution >= 4 is 5.57 Å². The number of ether oxygens (including phenoxy) is 1. The number of pyridine rings is 1. The molecule has 1 atom stereocenters. The van der Waals surface area contributed by atoms with Gasteiger partial charge in [-0.25, -0.2) is 4.98 Å². The Morgan fingerprint density at radius 3 is 2.83 bits per heavy atom. The van der Waals surface area contributed by atoms with Crippen molar-refractivity contribution in [2.75, 3.05) is 0 Å². The minimum atomic E-state index is -4.41. The van der Waals surface area contributed by atoms with Gasteiger partial charge in [0.1, 0.15) is 6.10 Å². The van der Waals surface area contributed by atoms with Gasteiger partial charge in [0, 0.05) is 24.4 Å². The SMILES string of the molecule is C\C=C/C(=C\C(=C\CC)C(F)(F)F)c1cc2n(n1)CCCC2Oc1ccccn1. The van der Waals surface area contributed by atoms with Crippen molar-refractivity contribution in [3.05, 3.63) is 71.7 Å². The van der Waals surface area contributed by atoms with E-state index in [1.54, 1.807) is 38.3 Å². The van der Waals surface area contributed by atoms with E-state index in [1.807, 2.05) is 22.9 Å². The third kappa shape index (κ3) is 5.16. The van der Waals surface area contributed by atoms with E-state index in [-0.39, 0.29) is 6.10 Å². The molecule has 2 aromatic heterocycles. The average molecular weight is 403 g/mol. The Kier molecular flexibility index (Phi) is 6.56. The lowest BCUT2D eigenvalue weighted by atomic mass is 10.0. The van der Waals surface area contributed by atoms with E-state index in [1.165, 1.54) is 6.08 Å². The van der Waals surface area contributed by atoms with Gasteiger partial charge in [0.05, 0.1) is 17.0 Å². The third-order valence-corrected chi connectivity index (χ3v) is 4.58. The van der Waals surface area contributed by atoms with Crippen LogP contribution in [-0.2, 0) is 6.54 Å². The third-order valence-electron chi connectivity index (χ3n) is 4.58. The van der Waals surface area contributed by atoms with Crippen molar-refractivity contribution in [1.29, 1.82) is 0 Å². The molecule has 1 aliphatic heterocycles. The van der Waals surface area contributed by atoms with Crippen LogP contribution in [0, 0.1) is 0 Å². The standard InChI is InChI=1S/C22H24F3N3O/c1-3-8-16(14-17(9-4-2)22(23,24)25)18-15-19-20(10-7-13-28(19)27-18)29-21-11-5-6-12-26-21/h3,5-6,8-9,11-12,14-15,20H,4,7,10,13H2,1-2H3/b8-3-,16-14+,17-9-. The highest BCUT2D eigenvalue weighted by Gasteiger charge is 2.32. The van der Waals surface area contributed by atoms with Crippen LogP contribution in [0.2, 0.25) is 0 Å². The molecule has 0 spiro atoms. The lowest BCUT2D eigenvalue weighted by Gasteiger charge is -2.23. The molecule has 0 aromatic carbocycles. The molecule has 1 aliphatic rings. The summed E-state index contributed by atoms with van der Waals surface area (Å²) in [6.07, 6.45) is 4.70. The molecule has 0 bridgehead atoms. The molecule has 0 aliphatic carbocycles. The molecular formula is C22H24F3N3O. The van der Waals surface area contributed by atoms with Crippen molar-refractivity contribution in [2.24, 2.45) is 0 Å². The van der Waals surface area contributed by atoms with Gasteiger partial charge in [-0.2, -0.15) is 18.3 Å². The second-order valence-corrected chi connectivity index (χ2v) is 6.76. The van der Waals surface area contributed by atoms with E-state index < -0.39 is 11.7 Å². The highest BCUT2D eigenvalue weighted by atomic mass is 19.4. The Balaban J connectivity index is 1.96. The van der Waals surface area contributed by atoms with Crippen molar-refractivity contribution in [2.45, 2.75) is 51.9 Å². The fourth-order valence-electron chi connectivity index (χ4n) is 3.30. The van der Waals surface area contributed by atoms with Crippen LogP contribution in [0.1, 0.15) is 50.6 Å². The number of allylic oxidation sites excluding steroid dienone is 6. The van der Waals surface area contributed by atoms with E-state index in [0.29, 0.717) is 30.1 Å². The number of fused-ring (bicyclic) bond motifs is 1. The fourth-order valence-corrected chi connectivity index (χ4v) is 3.30. The van der Waals surface area contributed by atoms with Gasteiger partial charge in [-0.1, -0.05) is 31.2 Å². The lowest BCUT2D eigenvalue weighted by Crippen LogP contribution is -2.20. The molecule has 0 amide bonds. The van der Waals surface area contributed by atoms with E-state index in [2.05, 4.69) is 10.1 Å². The summed E-state index contributed by atoms with van der Waals surface area (Å²) < 4.78 is 47.9. The minimum Gasteiger partial charge on any atom is -0.468 e. The summed E-state index contributed by atoms with van der Waals surface area (Å²) in [6, 6.07) is 7.26. The first-order valence-electron chi connectivity index (χ1n) is 9.70. The van der Waals surface area contributed by atoms with E-state index in [9.17, 15) is 13.2 Å². The molecule has 0 N–H and O–H groups in total. The van der Waals surface area contributed by atoms with Gasteiger partial charge in [-0.15, -0.1) is 0 Å². The number of hydrogen-bond acceptors (Lipinski definition) is 3. The predicted molar refractivity (Wildman–Crippen MR) is 106 cm³/mol. The Hall–Kier alpha value is -2.83. The molecule has 4 nitrogen and oxygen atoms in total. The zero-order valence-corrected chi connectivity index (χ0v) is 16.5. The number of hydrogen-bond donors (Lipinski definition) is 0. The maximum Gasteiger partial charge on any atom is 0.416 e. The van der Waals surface area contributed by atoms with Crippen LogP contribution in [-0.4, -0.2) is 20.9 Å². The summed E-state index contributed by atoms with van der Waals surface area (Å²) in [5.74, 6) is 0.517. The zero-order chi connectivity index (χ0) is 20.9. The Labute approximate surface area is 168 Å². The highest BCUT2D eigenvalue weighted by molar-refractivity contribution is 5.74. The number of aromatic nitrogens is 3. The summed E-state index contributed by atoms with van der Waals surface area (Å²) >= 11 is 0. The van der Waals surface area contributed by atoms with Crippen LogP contribution in [0.4, 0.5) is 13.2 Å². The van der Waals surface area contributed by atoms with Crippen LogP contribution in [0.5, 0.6) is 5.88 Å². The quantitative estimate of drug-likeness (QED) is 0.551. The van der Waals surface area contributed by atoms with Crippen molar-refractivity contribution in [3.8, 4) is 5.88 Å². The van der Waals surface area contributed by atoms with Crippen molar-refractivity contribution in [3.63, 3.8) is 0 Å². The number of aryl methyl sites for hydroxylation is 1. The number of rotatable bonds is 6. The predicted octanol–water partition coefficient (Wildman–Crippen LogP) is 6.05. The van der Waals surface area contributed by atoms with Gasteiger partial charge in [0.2, 0.25) is 5.88 Å². The van der Waals surface area contributed by atoms with Gasteiger partial charge >= 0.3 is 6.18 Å². The smallest absolute Gasteiger partial charge is 0.416 e. The zero-order valence-electron chi connectivity index (χ0n) is 16.5. The Morgan fingerprint density at radius 1 is 1.34 bits per heavy atom. The summed E-state index contributed by atoms with van der Waals surface area (Å²) in [4.78, 5) is 4.20. The molecule has 2 aromatic rings. The molecule has 0 radical (unpaired) electrons. The summed E-state index contributed by atoms with van der Waals surface area (Å²) in [5, 5.41) is 4.56. The first-order valence-corrected chi connectivity index (χ1v) is 9.70. The maximum absolute atomic E-state index is 13.4. The normalized spacial score (nSPS) is 18.2. The molecule has 1 unspecified atom stereocenters. The van der Waals surface area contributed by atoms with E-state index >= 15 is 0 Å².